The molecule has 3 aromatic rings. The van der Waals surface area contributed by atoms with Gasteiger partial charge >= 0.3 is 12.2 Å². The number of allylic oxidation sites excluding steroid dienone is 2. The molecule has 4 N–H and O–H groups in total. The molecule has 6 saturated carbocycles. The molecule has 0 spiro atoms. The molecule has 6 fully saturated rings. The minimum atomic E-state index is -0.512. The molecule has 2 unspecified atom stereocenters. The average molecular weight is 1170 g/mol. The van der Waals surface area contributed by atoms with Crippen molar-refractivity contribution in [1.29, 1.82) is 0 Å². The number of benzene rings is 2. The highest BCUT2D eigenvalue weighted by atomic mass is 16.6. The van der Waals surface area contributed by atoms with Crippen LogP contribution in [0.1, 0.15) is 231 Å². The Morgan fingerprint density at radius 3 is 1.29 bits per heavy atom. The number of aromatic nitrogens is 1. The van der Waals surface area contributed by atoms with Gasteiger partial charge in [-0.05, 0) is 231 Å². The molecule has 86 heavy (non-hydrogen) atoms. The van der Waals surface area contributed by atoms with Crippen LogP contribution in [0.5, 0.6) is 0 Å². The monoisotopic (exact) mass is 1170 g/mol. The number of hydrogen-bond donors (Lipinski definition) is 4. The second-order valence-corrected chi connectivity index (χ2v) is 30.8. The first-order valence-electron chi connectivity index (χ1n) is 34.3. The molecule has 0 saturated heterocycles. The third kappa shape index (κ3) is 12.7. The van der Waals surface area contributed by atoms with Gasteiger partial charge in [-0.25, -0.2) is 14.6 Å². The maximum Gasteiger partial charge on any atom is 0.411 e. The van der Waals surface area contributed by atoms with E-state index in [0.29, 0.717) is 45.4 Å². The van der Waals surface area contributed by atoms with E-state index in [1.807, 2.05) is 0 Å². The first-order chi connectivity index (χ1) is 41.1. The largest absolute Gasteiger partial charge is 0.446 e. The van der Waals surface area contributed by atoms with Crippen LogP contribution in [-0.4, -0.2) is 41.2 Å². The van der Waals surface area contributed by atoms with Crippen LogP contribution in [0.25, 0.3) is 0 Å². The van der Waals surface area contributed by atoms with E-state index in [9.17, 15) is 19.2 Å². The summed E-state index contributed by atoms with van der Waals surface area (Å²) in [6.45, 7) is 24.9. The van der Waals surface area contributed by atoms with Crippen LogP contribution in [0.3, 0.4) is 0 Å². The van der Waals surface area contributed by atoms with Gasteiger partial charge in [0.2, 0.25) is 0 Å². The molecule has 0 bridgehead atoms. The van der Waals surface area contributed by atoms with E-state index >= 15 is 0 Å². The Balaban J connectivity index is 0.629. The Bertz CT molecular complexity index is 2830. The van der Waals surface area contributed by atoms with Gasteiger partial charge in [0.05, 0.1) is 0 Å². The van der Waals surface area contributed by atoms with Gasteiger partial charge in [-0.1, -0.05) is 149 Å². The van der Waals surface area contributed by atoms with Crippen LogP contribution in [0.4, 0.5) is 32.3 Å². The summed E-state index contributed by atoms with van der Waals surface area (Å²) in [5.41, 5.74) is 6.19. The lowest BCUT2D eigenvalue weighted by Crippen LogP contribution is -2.51. The molecule has 1 heterocycles. The lowest BCUT2D eigenvalue weighted by Gasteiger charge is -2.58. The zero-order chi connectivity index (χ0) is 60.7. The summed E-state index contributed by atoms with van der Waals surface area (Å²) < 4.78 is 12.2. The summed E-state index contributed by atoms with van der Waals surface area (Å²) in [6.07, 6.45) is 30.3. The average Bonchev–Trinajstić information content (AvgIpc) is 2.45. The zero-order valence-corrected chi connectivity index (χ0v) is 54.0. The van der Waals surface area contributed by atoms with Crippen molar-refractivity contribution < 1.29 is 28.7 Å². The number of nitrogens with one attached hydrogen (secondary N) is 4. The van der Waals surface area contributed by atoms with E-state index in [0.717, 1.165) is 111 Å². The van der Waals surface area contributed by atoms with Gasteiger partial charge < -0.3 is 20.1 Å². The highest BCUT2D eigenvalue weighted by molar-refractivity contribution is 6.06. The highest BCUT2D eigenvalue weighted by Crippen LogP contribution is 2.69. The molecule has 16 atom stereocenters. The van der Waals surface area contributed by atoms with Crippen molar-refractivity contribution in [2.75, 3.05) is 21.3 Å². The molecular weight excluding hydrogens is 1070 g/mol. The second-order valence-electron chi connectivity index (χ2n) is 30.8. The quantitative estimate of drug-likeness (QED) is 0.0927. The van der Waals surface area contributed by atoms with Crippen LogP contribution < -0.4 is 21.3 Å². The number of carbonyl (C=O) groups excluding carboxylic acids is 4. The van der Waals surface area contributed by atoms with Gasteiger partial charge in [0.25, 0.3) is 11.8 Å². The van der Waals surface area contributed by atoms with Crippen LogP contribution in [0, 0.1) is 92.7 Å². The lowest BCUT2D eigenvalue weighted by atomic mass is 9.47. The number of hydrogen-bond acceptors (Lipinski definition) is 7. The normalized spacial score (nSPS) is 34.1. The molecule has 8 aliphatic rings. The molecule has 2 aromatic carbocycles. The number of amides is 4. The van der Waals surface area contributed by atoms with Gasteiger partial charge in [-0.3, -0.25) is 20.2 Å². The first kappa shape index (κ1) is 62.2. The maximum atomic E-state index is 13.6. The fraction of sp³-hybridized carbons (Fsp3) is 0.667. The number of rotatable bonds is 18. The van der Waals surface area contributed by atoms with Crippen molar-refractivity contribution in [1.82, 2.24) is 4.98 Å². The summed E-state index contributed by atoms with van der Waals surface area (Å²) in [6, 6.07) is 18.6. The molecule has 1 aromatic heterocycles. The number of pyridine rings is 1. The van der Waals surface area contributed by atoms with E-state index in [2.05, 4.69) is 108 Å². The highest BCUT2D eigenvalue weighted by Gasteiger charge is 2.61. The number of ether oxygens (including phenoxy) is 2. The molecular formula is C75H105N5O6. The van der Waals surface area contributed by atoms with E-state index in [4.69, 9.17) is 9.47 Å². The maximum absolute atomic E-state index is 13.6. The SMILES string of the molecule is CC(C)CCC[C@@H](C)[C@H]1CC[C@H]2[C@@H]3CC=C4CC(OC(=O)Nc5cccc(NC(=O)c6cccc(C(=O)Nc7cccc(NC(=O)OC8CC[C@@]9(C)C(=CC[C@H]%10[C@@H]%11CC[C@H]([C@H](C)CCCC(C)C)[C@@]%11(C)CC[C@@H]%109)C8)c7)n6)c5)CC[C@]4(C)[C@H]3CC[C@]12C. The standard InChI is InChI=1S/C75H105N5O6/c1-46(2)16-11-18-48(5)60-30-32-62-58-28-26-50-42-56(34-38-72(50,7)64(58)36-40-74(60,62)9)85-70(83)78-54-22-13-20-52(44-54)76-68(81)66-24-15-25-67(80-66)69(82)77-53-21-14-23-55(45-53)79-71(84)86-57-35-39-73(8)51(43-57)27-29-59-63-33-31-61(49(6)19-12-17-47(3)4)75(63,10)41-37-65(59)73/h13-15,20-27,44-49,56-65H,11-12,16-19,28-43H2,1-10H3,(H,76,81)(H,77,82)(H,78,83)(H,79,84)/t48-,49-,56?,57?,58+,59+,60-,61-,62+,63+,64+,65+,72+,73+,74-,75-/m1/s1. The molecule has 8 aliphatic carbocycles. The van der Waals surface area contributed by atoms with E-state index in [1.54, 1.807) is 66.7 Å². The van der Waals surface area contributed by atoms with Crippen molar-refractivity contribution in [3.05, 3.63) is 101 Å². The van der Waals surface area contributed by atoms with Gasteiger partial charge in [0, 0.05) is 35.6 Å². The number of carbonyl (C=O) groups is 4. The van der Waals surface area contributed by atoms with E-state index in [1.165, 1.54) is 101 Å². The number of anilines is 4. The third-order valence-corrected chi connectivity index (χ3v) is 25.0. The van der Waals surface area contributed by atoms with Crippen molar-refractivity contribution in [2.45, 2.75) is 223 Å². The minimum absolute atomic E-state index is 0.0476. The van der Waals surface area contributed by atoms with Crippen LogP contribution >= 0.6 is 0 Å². The smallest absolute Gasteiger partial charge is 0.411 e. The fourth-order valence-corrected chi connectivity index (χ4v) is 20.5. The van der Waals surface area contributed by atoms with Crippen molar-refractivity contribution in [2.24, 2.45) is 92.7 Å². The molecule has 11 nitrogen and oxygen atoms in total. The molecule has 11 heteroatoms. The number of nitrogens with zero attached hydrogens (tertiary/aromatic N) is 1. The third-order valence-electron chi connectivity index (χ3n) is 25.0. The van der Waals surface area contributed by atoms with Gasteiger partial charge in [-0.2, -0.15) is 0 Å². The second kappa shape index (κ2) is 25.6. The summed E-state index contributed by atoms with van der Waals surface area (Å²) in [4.78, 5) is 58.5. The van der Waals surface area contributed by atoms with Crippen LogP contribution in [0.2, 0.25) is 0 Å². The van der Waals surface area contributed by atoms with Gasteiger partial charge in [0.1, 0.15) is 23.6 Å². The van der Waals surface area contributed by atoms with Crippen LogP contribution in [-0.2, 0) is 9.47 Å². The van der Waals surface area contributed by atoms with E-state index in [-0.39, 0.29) is 34.4 Å². The molecule has 11 rings (SSSR count). The summed E-state index contributed by atoms with van der Waals surface area (Å²) in [7, 11) is 0. The lowest BCUT2D eigenvalue weighted by molar-refractivity contribution is -0.0577. The first-order valence-corrected chi connectivity index (χ1v) is 34.3. The van der Waals surface area contributed by atoms with Crippen LogP contribution in [0.15, 0.2) is 90.0 Å². The molecule has 0 radical (unpaired) electrons. The Hall–Kier alpha value is -5.45. The van der Waals surface area contributed by atoms with Crippen molar-refractivity contribution in [3.63, 3.8) is 0 Å². The summed E-state index contributed by atoms with van der Waals surface area (Å²) >= 11 is 0. The number of fused-ring (bicyclic) bond motifs is 10. The Kier molecular flexibility index (Phi) is 18.5. The Morgan fingerprint density at radius 2 is 0.884 bits per heavy atom. The predicted molar refractivity (Wildman–Crippen MR) is 347 cm³/mol. The Morgan fingerprint density at radius 1 is 0.488 bits per heavy atom. The van der Waals surface area contributed by atoms with Gasteiger partial charge in [0.15, 0.2) is 0 Å². The zero-order valence-electron chi connectivity index (χ0n) is 54.0. The molecule has 0 aliphatic heterocycles. The fourth-order valence-electron chi connectivity index (χ4n) is 20.5. The Labute approximate surface area is 516 Å². The topological polar surface area (TPSA) is 148 Å². The molecule has 4 amide bonds. The summed E-state index contributed by atoms with van der Waals surface area (Å²) in [5.74, 6) is 8.35. The van der Waals surface area contributed by atoms with Crippen molar-refractivity contribution >= 4 is 46.8 Å². The molecule has 466 valence electrons. The van der Waals surface area contributed by atoms with E-state index < -0.39 is 24.0 Å². The summed E-state index contributed by atoms with van der Waals surface area (Å²) in [5, 5.41) is 11.6. The predicted octanol–water partition coefficient (Wildman–Crippen LogP) is 19.5. The van der Waals surface area contributed by atoms with Gasteiger partial charge in [-0.15, -0.1) is 0 Å². The van der Waals surface area contributed by atoms with Crippen molar-refractivity contribution in [3.8, 4) is 0 Å². The minimum Gasteiger partial charge on any atom is -0.446 e.